The van der Waals surface area contributed by atoms with Gasteiger partial charge in [-0.15, -0.1) is 0 Å². The van der Waals surface area contributed by atoms with Crippen LogP contribution in [0.5, 0.6) is 0 Å². The van der Waals surface area contributed by atoms with Gasteiger partial charge in [0.25, 0.3) is 0 Å². The Labute approximate surface area is 102 Å². The predicted octanol–water partition coefficient (Wildman–Crippen LogP) is 1.19. The van der Waals surface area contributed by atoms with E-state index in [1.54, 1.807) is 0 Å². The minimum Gasteiger partial charge on any atom is -0.381 e. The summed E-state index contributed by atoms with van der Waals surface area (Å²) in [5.41, 5.74) is 0. The van der Waals surface area contributed by atoms with Crippen LogP contribution in [0.1, 0.15) is 31.5 Å². The van der Waals surface area contributed by atoms with Gasteiger partial charge >= 0.3 is 0 Å². The van der Waals surface area contributed by atoms with Crippen molar-refractivity contribution in [3.63, 3.8) is 0 Å². The first-order valence-corrected chi connectivity index (χ1v) is 6.48. The van der Waals surface area contributed by atoms with E-state index in [1.807, 2.05) is 6.92 Å². The van der Waals surface area contributed by atoms with Crippen molar-refractivity contribution < 1.29 is 9.26 Å². The molecular weight excluding hydrogens is 218 g/mol. The highest BCUT2D eigenvalue weighted by atomic mass is 16.5. The third kappa shape index (κ3) is 4.09. The number of aromatic nitrogens is 2. The maximum absolute atomic E-state index is 5.27. The number of nitrogens with zero attached hydrogens (tertiary/aromatic N) is 2. The first-order chi connectivity index (χ1) is 8.38. The van der Waals surface area contributed by atoms with Gasteiger partial charge in [-0.05, 0) is 38.8 Å². The molecule has 0 spiro atoms. The standard InChI is InChI=1S/C12H21N3O2/c1-2-16-8-5-11-14-12(17-15-11)9-10-3-6-13-7-4-10/h10,13H,2-9H2,1H3. The van der Waals surface area contributed by atoms with Crippen LogP contribution in [0.15, 0.2) is 4.52 Å². The van der Waals surface area contributed by atoms with E-state index in [0.717, 1.165) is 44.3 Å². The van der Waals surface area contributed by atoms with Crippen LogP contribution in [0.25, 0.3) is 0 Å². The van der Waals surface area contributed by atoms with Crippen molar-refractivity contribution in [3.8, 4) is 0 Å². The molecule has 0 bridgehead atoms. The van der Waals surface area contributed by atoms with Crippen LogP contribution in [-0.2, 0) is 17.6 Å². The maximum Gasteiger partial charge on any atom is 0.226 e. The summed E-state index contributed by atoms with van der Waals surface area (Å²) in [4.78, 5) is 4.40. The molecule has 5 nitrogen and oxygen atoms in total. The largest absolute Gasteiger partial charge is 0.381 e. The number of ether oxygens (including phenoxy) is 1. The van der Waals surface area contributed by atoms with Gasteiger partial charge in [0.15, 0.2) is 5.82 Å². The molecule has 0 amide bonds. The summed E-state index contributed by atoms with van der Waals surface area (Å²) in [5.74, 6) is 2.24. The molecule has 96 valence electrons. The Morgan fingerprint density at radius 3 is 3.00 bits per heavy atom. The van der Waals surface area contributed by atoms with Crippen LogP contribution in [-0.4, -0.2) is 36.4 Å². The molecule has 1 N–H and O–H groups in total. The lowest BCUT2D eigenvalue weighted by Gasteiger charge is -2.20. The van der Waals surface area contributed by atoms with E-state index in [-0.39, 0.29) is 0 Å². The minimum absolute atomic E-state index is 0.669. The van der Waals surface area contributed by atoms with Crippen LogP contribution >= 0.6 is 0 Å². The molecule has 0 radical (unpaired) electrons. The fourth-order valence-electron chi connectivity index (χ4n) is 2.12. The van der Waals surface area contributed by atoms with Crippen LogP contribution in [0.2, 0.25) is 0 Å². The summed E-state index contributed by atoms with van der Waals surface area (Å²) in [7, 11) is 0. The van der Waals surface area contributed by atoms with Gasteiger partial charge in [0, 0.05) is 19.4 Å². The number of hydrogen-bond acceptors (Lipinski definition) is 5. The molecular formula is C12H21N3O2. The summed E-state index contributed by atoms with van der Waals surface area (Å²) >= 11 is 0. The monoisotopic (exact) mass is 239 g/mol. The number of rotatable bonds is 6. The van der Waals surface area contributed by atoms with Crippen LogP contribution < -0.4 is 5.32 Å². The first kappa shape index (κ1) is 12.5. The molecule has 1 saturated heterocycles. The average molecular weight is 239 g/mol. The van der Waals surface area contributed by atoms with Gasteiger partial charge < -0.3 is 14.6 Å². The summed E-state index contributed by atoms with van der Waals surface area (Å²) in [6.07, 6.45) is 4.07. The van der Waals surface area contributed by atoms with E-state index in [0.29, 0.717) is 12.5 Å². The summed E-state index contributed by atoms with van der Waals surface area (Å²) in [6.45, 7) is 5.60. The number of hydrogen-bond donors (Lipinski definition) is 1. The van der Waals surface area contributed by atoms with Gasteiger partial charge in [-0.25, -0.2) is 0 Å². The van der Waals surface area contributed by atoms with Gasteiger partial charge in [-0.3, -0.25) is 0 Å². The molecule has 1 aromatic rings. The van der Waals surface area contributed by atoms with Crippen molar-refractivity contribution in [2.24, 2.45) is 5.92 Å². The Morgan fingerprint density at radius 2 is 2.24 bits per heavy atom. The molecule has 0 unspecified atom stereocenters. The fourth-order valence-corrected chi connectivity index (χ4v) is 2.12. The van der Waals surface area contributed by atoms with E-state index in [9.17, 15) is 0 Å². The molecule has 1 aromatic heterocycles. The fraction of sp³-hybridized carbons (Fsp3) is 0.833. The van der Waals surface area contributed by atoms with Crippen molar-refractivity contribution in [2.75, 3.05) is 26.3 Å². The van der Waals surface area contributed by atoms with Crippen molar-refractivity contribution in [3.05, 3.63) is 11.7 Å². The molecule has 5 heteroatoms. The van der Waals surface area contributed by atoms with Gasteiger partial charge in [0.1, 0.15) is 0 Å². The minimum atomic E-state index is 0.669. The Hall–Kier alpha value is -0.940. The molecule has 2 rings (SSSR count). The van der Waals surface area contributed by atoms with Crippen molar-refractivity contribution >= 4 is 0 Å². The lowest BCUT2D eigenvalue weighted by atomic mass is 9.95. The molecule has 1 aliphatic rings. The second-order valence-electron chi connectivity index (χ2n) is 4.45. The highest BCUT2D eigenvalue weighted by Gasteiger charge is 2.17. The molecule has 1 fully saturated rings. The topological polar surface area (TPSA) is 60.2 Å². The van der Waals surface area contributed by atoms with E-state index in [1.165, 1.54) is 12.8 Å². The summed E-state index contributed by atoms with van der Waals surface area (Å²) in [5, 5.41) is 7.33. The predicted molar refractivity (Wildman–Crippen MR) is 63.8 cm³/mol. The van der Waals surface area contributed by atoms with Gasteiger partial charge in [0.2, 0.25) is 5.89 Å². The quantitative estimate of drug-likeness (QED) is 0.756. The highest BCUT2D eigenvalue weighted by molar-refractivity contribution is 4.89. The van der Waals surface area contributed by atoms with E-state index >= 15 is 0 Å². The average Bonchev–Trinajstić information content (AvgIpc) is 2.79. The molecule has 0 aromatic carbocycles. The Kier molecular flexibility index (Phi) is 4.94. The SMILES string of the molecule is CCOCCc1noc(CC2CCNCC2)n1. The normalized spacial score (nSPS) is 17.5. The first-order valence-electron chi connectivity index (χ1n) is 6.48. The van der Waals surface area contributed by atoms with E-state index in [2.05, 4.69) is 15.5 Å². The van der Waals surface area contributed by atoms with E-state index in [4.69, 9.17) is 9.26 Å². The second kappa shape index (κ2) is 6.71. The van der Waals surface area contributed by atoms with E-state index < -0.39 is 0 Å². The van der Waals surface area contributed by atoms with Gasteiger partial charge in [0.05, 0.1) is 6.61 Å². The Balaban J connectivity index is 1.76. The van der Waals surface area contributed by atoms with Crippen molar-refractivity contribution in [2.45, 2.75) is 32.6 Å². The van der Waals surface area contributed by atoms with Crippen molar-refractivity contribution in [1.29, 1.82) is 0 Å². The lowest BCUT2D eigenvalue weighted by Crippen LogP contribution is -2.28. The van der Waals surface area contributed by atoms with Crippen LogP contribution in [0, 0.1) is 5.92 Å². The lowest BCUT2D eigenvalue weighted by molar-refractivity contribution is 0.149. The second-order valence-corrected chi connectivity index (χ2v) is 4.45. The van der Waals surface area contributed by atoms with Crippen LogP contribution in [0.4, 0.5) is 0 Å². The third-order valence-electron chi connectivity index (χ3n) is 3.11. The molecule has 0 aliphatic carbocycles. The molecule has 2 heterocycles. The zero-order valence-corrected chi connectivity index (χ0v) is 10.4. The Bertz CT molecular complexity index is 321. The summed E-state index contributed by atoms with van der Waals surface area (Å²) in [6, 6.07) is 0. The molecule has 0 atom stereocenters. The number of piperidine rings is 1. The number of nitrogens with one attached hydrogen (secondary N) is 1. The Morgan fingerprint density at radius 1 is 1.41 bits per heavy atom. The van der Waals surface area contributed by atoms with Crippen LogP contribution in [0.3, 0.4) is 0 Å². The molecule has 1 aliphatic heterocycles. The van der Waals surface area contributed by atoms with Gasteiger partial charge in [-0.2, -0.15) is 4.98 Å². The smallest absolute Gasteiger partial charge is 0.226 e. The van der Waals surface area contributed by atoms with Crippen molar-refractivity contribution in [1.82, 2.24) is 15.5 Å². The highest BCUT2D eigenvalue weighted by Crippen LogP contribution is 2.16. The zero-order chi connectivity index (χ0) is 11.9. The molecule has 17 heavy (non-hydrogen) atoms. The summed E-state index contributed by atoms with van der Waals surface area (Å²) < 4.78 is 10.5. The maximum atomic E-state index is 5.27. The molecule has 0 saturated carbocycles. The zero-order valence-electron chi connectivity index (χ0n) is 10.4. The van der Waals surface area contributed by atoms with Gasteiger partial charge in [-0.1, -0.05) is 5.16 Å². The third-order valence-corrected chi connectivity index (χ3v) is 3.11.